The largest absolute Gasteiger partial charge is 0.492 e. The van der Waals surface area contributed by atoms with Crippen molar-refractivity contribution in [2.75, 3.05) is 19.7 Å². The van der Waals surface area contributed by atoms with Crippen molar-refractivity contribution in [1.82, 2.24) is 5.32 Å². The molecule has 0 aliphatic heterocycles. The summed E-state index contributed by atoms with van der Waals surface area (Å²) in [6.07, 6.45) is 1.09. The third-order valence-corrected chi connectivity index (χ3v) is 2.02. The van der Waals surface area contributed by atoms with Crippen LogP contribution in [0.5, 0.6) is 5.75 Å². The molecule has 0 atom stereocenters. The first-order valence-corrected chi connectivity index (χ1v) is 5.32. The van der Waals surface area contributed by atoms with Gasteiger partial charge in [-0.15, -0.1) is 12.4 Å². The van der Waals surface area contributed by atoms with E-state index in [1.807, 2.05) is 0 Å². The van der Waals surface area contributed by atoms with E-state index in [0.717, 1.165) is 19.5 Å². The Bertz CT molecular complexity index is 330. The molecule has 1 aromatic carbocycles. The summed E-state index contributed by atoms with van der Waals surface area (Å²) in [5.74, 6) is 0.656. The highest BCUT2D eigenvalue weighted by Gasteiger charge is 2.03. The summed E-state index contributed by atoms with van der Waals surface area (Å²) < 4.78 is 5.40. The molecule has 17 heavy (non-hydrogen) atoms. The normalized spacial score (nSPS) is 9.47. The minimum atomic E-state index is -0.424. The second-order valence-electron chi connectivity index (χ2n) is 3.35. The quantitative estimate of drug-likeness (QED) is 0.464. The Balaban J connectivity index is 0.00000256. The van der Waals surface area contributed by atoms with Gasteiger partial charge in [-0.05, 0) is 25.1 Å². The molecule has 0 aliphatic carbocycles. The van der Waals surface area contributed by atoms with Gasteiger partial charge >= 0.3 is 0 Å². The average molecular weight is 261 g/mol. The third-order valence-electron chi connectivity index (χ3n) is 2.02. The van der Waals surface area contributed by atoms with Crippen molar-refractivity contribution >= 4 is 18.1 Å². The van der Waals surface area contributed by atoms with Crippen LogP contribution in [-0.4, -0.2) is 24.6 Å². The van der Waals surface area contributed by atoms with Gasteiger partial charge in [0, 0.05) is 18.7 Å². The fraction of sp³-hybridized carbons (Fsp3) is 0.455. The monoisotopic (exact) mass is 260 g/mol. The van der Waals surface area contributed by atoms with E-state index in [-0.39, 0.29) is 18.1 Å². The SMILES string of the molecule is CCCNCCOc1ccc([N+](=O)[O-])cc1.Cl. The minimum absolute atomic E-state index is 0. The Morgan fingerprint density at radius 2 is 1.94 bits per heavy atom. The molecule has 0 unspecified atom stereocenters. The van der Waals surface area contributed by atoms with Gasteiger partial charge in [-0.1, -0.05) is 6.92 Å². The van der Waals surface area contributed by atoms with Crippen LogP contribution in [0, 0.1) is 10.1 Å². The molecule has 0 saturated carbocycles. The molecular weight excluding hydrogens is 244 g/mol. The van der Waals surface area contributed by atoms with E-state index in [0.29, 0.717) is 12.4 Å². The lowest BCUT2D eigenvalue weighted by Gasteiger charge is -2.06. The van der Waals surface area contributed by atoms with Crippen molar-refractivity contribution in [1.29, 1.82) is 0 Å². The Morgan fingerprint density at radius 3 is 2.47 bits per heavy atom. The summed E-state index contributed by atoms with van der Waals surface area (Å²) in [4.78, 5) is 9.98. The molecule has 0 aromatic heterocycles. The van der Waals surface area contributed by atoms with E-state index < -0.39 is 4.92 Å². The van der Waals surface area contributed by atoms with Gasteiger partial charge in [-0.3, -0.25) is 10.1 Å². The van der Waals surface area contributed by atoms with Crippen LogP contribution in [0.2, 0.25) is 0 Å². The number of nitrogens with one attached hydrogen (secondary N) is 1. The van der Waals surface area contributed by atoms with Crippen molar-refractivity contribution in [3.63, 3.8) is 0 Å². The lowest BCUT2D eigenvalue weighted by Crippen LogP contribution is -2.21. The van der Waals surface area contributed by atoms with Crippen LogP contribution in [0.3, 0.4) is 0 Å². The van der Waals surface area contributed by atoms with Gasteiger partial charge < -0.3 is 10.1 Å². The van der Waals surface area contributed by atoms with Gasteiger partial charge in [0.25, 0.3) is 5.69 Å². The zero-order valence-electron chi connectivity index (χ0n) is 9.72. The smallest absolute Gasteiger partial charge is 0.269 e. The Morgan fingerprint density at radius 1 is 1.29 bits per heavy atom. The standard InChI is InChI=1S/C11H16N2O3.ClH/c1-2-7-12-8-9-16-11-5-3-10(4-6-11)13(14)15;/h3-6,12H,2,7-9H2,1H3;1H. The number of benzene rings is 1. The van der Waals surface area contributed by atoms with E-state index in [1.165, 1.54) is 12.1 Å². The highest BCUT2D eigenvalue weighted by atomic mass is 35.5. The summed E-state index contributed by atoms with van der Waals surface area (Å²) in [5, 5.41) is 13.6. The molecule has 5 nitrogen and oxygen atoms in total. The lowest BCUT2D eigenvalue weighted by molar-refractivity contribution is -0.384. The Hall–Kier alpha value is -1.33. The predicted octanol–water partition coefficient (Wildman–Crippen LogP) is 2.40. The van der Waals surface area contributed by atoms with Crippen molar-refractivity contribution in [3.8, 4) is 5.75 Å². The topological polar surface area (TPSA) is 64.4 Å². The van der Waals surface area contributed by atoms with Gasteiger partial charge in [0.2, 0.25) is 0 Å². The number of halogens is 1. The number of nitrogens with zero attached hydrogens (tertiary/aromatic N) is 1. The molecule has 0 radical (unpaired) electrons. The van der Waals surface area contributed by atoms with Gasteiger partial charge in [0.1, 0.15) is 12.4 Å². The average Bonchev–Trinajstić information content (AvgIpc) is 2.29. The summed E-state index contributed by atoms with van der Waals surface area (Å²) in [6.45, 7) is 4.43. The molecule has 0 spiro atoms. The molecule has 6 heteroatoms. The van der Waals surface area contributed by atoms with E-state index in [2.05, 4.69) is 12.2 Å². The number of nitro benzene ring substituents is 1. The Kier molecular flexibility index (Phi) is 8.09. The number of ether oxygens (including phenoxy) is 1. The number of rotatable bonds is 7. The van der Waals surface area contributed by atoms with Crippen LogP contribution in [0.15, 0.2) is 24.3 Å². The van der Waals surface area contributed by atoms with Crippen molar-refractivity contribution in [3.05, 3.63) is 34.4 Å². The highest BCUT2D eigenvalue weighted by molar-refractivity contribution is 5.85. The Labute approximate surface area is 107 Å². The number of hydrogen-bond acceptors (Lipinski definition) is 4. The molecule has 0 amide bonds. The summed E-state index contributed by atoms with van der Waals surface area (Å²) in [6, 6.07) is 6.10. The van der Waals surface area contributed by atoms with Gasteiger partial charge in [0.15, 0.2) is 0 Å². The molecule has 96 valence electrons. The van der Waals surface area contributed by atoms with Gasteiger partial charge in [0.05, 0.1) is 4.92 Å². The molecule has 0 fully saturated rings. The fourth-order valence-corrected chi connectivity index (χ4v) is 1.21. The van der Waals surface area contributed by atoms with Crippen LogP contribution in [0.1, 0.15) is 13.3 Å². The van der Waals surface area contributed by atoms with Crippen LogP contribution in [0.25, 0.3) is 0 Å². The van der Waals surface area contributed by atoms with Gasteiger partial charge in [-0.2, -0.15) is 0 Å². The van der Waals surface area contributed by atoms with E-state index in [4.69, 9.17) is 4.74 Å². The van der Waals surface area contributed by atoms with Crippen LogP contribution in [-0.2, 0) is 0 Å². The minimum Gasteiger partial charge on any atom is -0.492 e. The summed E-state index contributed by atoms with van der Waals surface area (Å²) >= 11 is 0. The third kappa shape index (κ3) is 6.09. The van der Waals surface area contributed by atoms with Crippen LogP contribution < -0.4 is 10.1 Å². The second kappa shape index (κ2) is 8.78. The second-order valence-corrected chi connectivity index (χ2v) is 3.35. The first-order valence-electron chi connectivity index (χ1n) is 5.32. The van der Waals surface area contributed by atoms with Crippen molar-refractivity contribution < 1.29 is 9.66 Å². The maximum Gasteiger partial charge on any atom is 0.269 e. The molecule has 1 N–H and O–H groups in total. The van der Waals surface area contributed by atoms with E-state index in [9.17, 15) is 10.1 Å². The fourth-order valence-electron chi connectivity index (χ4n) is 1.21. The maximum absolute atomic E-state index is 10.4. The van der Waals surface area contributed by atoms with E-state index in [1.54, 1.807) is 12.1 Å². The zero-order valence-corrected chi connectivity index (χ0v) is 10.5. The summed E-state index contributed by atoms with van der Waals surface area (Å²) in [7, 11) is 0. The number of nitro groups is 1. The molecular formula is C11H17ClN2O3. The maximum atomic E-state index is 10.4. The number of non-ortho nitro benzene ring substituents is 1. The lowest BCUT2D eigenvalue weighted by atomic mass is 10.3. The van der Waals surface area contributed by atoms with Crippen molar-refractivity contribution in [2.24, 2.45) is 0 Å². The molecule has 1 aromatic rings. The van der Waals surface area contributed by atoms with E-state index >= 15 is 0 Å². The molecule has 0 aliphatic rings. The molecule has 0 heterocycles. The van der Waals surface area contributed by atoms with Gasteiger partial charge in [-0.25, -0.2) is 0 Å². The molecule has 1 rings (SSSR count). The van der Waals surface area contributed by atoms with Crippen molar-refractivity contribution in [2.45, 2.75) is 13.3 Å². The zero-order chi connectivity index (χ0) is 11.8. The molecule has 0 saturated heterocycles. The first kappa shape index (κ1) is 15.7. The highest BCUT2D eigenvalue weighted by Crippen LogP contribution is 2.16. The predicted molar refractivity (Wildman–Crippen MR) is 69.0 cm³/mol. The number of hydrogen-bond donors (Lipinski definition) is 1. The molecule has 0 bridgehead atoms. The van der Waals surface area contributed by atoms with Crippen LogP contribution >= 0.6 is 12.4 Å². The summed E-state index contributed by atoms with van der Waals surface area (Å²) in [5.41, 5.74) is 0.0801. The van der Waals surface area contributed by atoms with Crippen LogP contribution in [0.4, 0.5) is 5.69 Å². The first-order chi connectivity index (χ1) is 7.74.